The van der Waals surface area contributed by atoms with Crippen LogP contribution in [-0.2, 0) is 0 Å². The molecule has 1 amide bonds. The molecule has 1 saturated heterocycles. The van der Waals surface area contributed by atoms with Crippen molar-refractivity contribution in [3.8, 4) is 16.9 Å². The number of carbonyl (C=O) groups excluding carboxylic acids is 1. The minimum atomic E-state index is -0.467. The first-order chi connectivity index (χ1) is 12.5. The van der Waals surface area contributed by atoms with Crippen LogP contribution in [0.5, 0.6) is 5.75 Å². The van der Waals surface area contributed by atoms with Gasteiger partial charge in [0.05, 0.1) is 12.2 Å². The van der Waals surface area contributed by atoms with Crippen LogP contribution in [0.3, 0.4) is 0 Å². The molecule has 0 radical (unpaired) electrons. The molecule has 1 aromatic heterocycles. The Morgan fingerprint density at radius 2 is 1.88 bits per heavy atom. The molecule has 2 unspecified atom stereocenters. The number of carbonyl (C=O) groups is 1. The molecular formula is C21H25N3O2. The Balaban J connectivity index is 1.33. The van der Waals surface area contributed by atoms with Crippen molar-refractivity contribution in [2.24, 2.45) is 23.5 Å². The van der Waals surface area contributed by atoms with Crippen molar-refractivity contribution in [2.75, 3.05) is 19.7 Å². The fourth-order valence-electron chi connectivity index (χ4n) is 4.02. The first-order valence-electron chi connectivity index (χ1n) is 9.25. The number of likely N-dealkylation sites (tertiary alicyclic amines) is 1. The molecule has 2 fully saturated rings. The van der Waals surface area contributed by atoms with Crippen molar-refractivity contribution < 1.29 is 9.53 Å². The second kappa shape index (κ2) is 6.72. The van der Waals surface area contributed by atoms with E-state index in [0.29, 0.717) is 17.5 Å². The molecule has 2 heterocycles. The molecule has 2 aliphatic rings. The van der Waals surface area contributed by atoms with Crippen molar-refractivity contribution in [1.29, 1.82) is 0 Å². The van der Waals surface area contributed by atoms with E-state index in [1.54, 1.807) is 12.3 Å². The topological polar surface area (TPSA) is 68.4 Å². The Labute approximate surface area is 154 Å². The lowest BCUT2D eigenvalue weighted by Crippen LogP contribution is -2.31. The van der Waals surface area contributed by atoms with Crippen LogP contribution in [-0.4, -0.2) is 41.5 Å². The van der Waals surface area contributed by atoms with Crippen molar-refractivity contribution in [3.05, 3.63) is 48.3 Å². The standard InChI is InChI=1S/C21H25N3O2/c1-13(2)24-10-18-19(11-24)20(18)12-26-17-5-3-14(4-6-17)15-7-16(21(22)25)9-23-8-15/h3-9,13,18-20H,10-12H2,1-2H3,(H2,22,25). The summed E-state index contributed by atoms with van der Waals surface area (Å²) in [5.41, 5.74) is 7.60. The summed E-state index contributed by atoms with van der Waals surface area (Å²) in [6.07, 6.45) is 3.21. The number of primary amides is 1. The lowest BCUT2D eigenvalue weighted by atomic mass is 10.1. The molecule has 2 aromatic rings. The number of nitrogens with zero attached hydrogens (tertiary/aromatic N) is 2. The number of nitrogens with two attached hydrogens (primary N) is 1. The summed E-state index contributed by atoms with van der Waals surface area (Å²) in [6.45, 7) is 7.79. The van der Waals surface area contributed by atoms with Gasteiger partial charge in [-0.05, 0) is 49.4 Å². The maximum absolute atomic E-state index is 11.3. The largest absolute Gasteiger partial charge is 0.493 e. The maximum Gasteiger partial charge on any atom is 0.250 e. The minimum Gasteiger partial charge on any atom is -0.493 e. The maximum atomic E-state index is 11.3. The lowest BCUT2D eigenvalue weighted by Gasteiger charge is -2.23. The Hall–Kier alpha value is -2.40. The van der Waals surface area contributed by atoms with Gasteiger partial charge in [-0.3, -0.25) is 9.78 Å². The van der Waals surface area contributed by atoms with Crippen molar-refractivity contribution in [3.63, 3.8) is 0 Å². The number of aromatic nitrogens is 1. The fraction of sp³-hybridized carbons (Fsp3) is 0.429. The number of ether oxygens (including phenoxy) is 1. The van der Waals surface area contributed by atoms with Gasteiger partial charge in [0, 0.05) is 43.0 Å². The Kier molecular flexibility index (Phi) is 4.41. The summed E-state index contributed by atoms with van der Waals surface area (Å²) in [6, 6.07) is 10.4. The zero-order valence-electron chi connectivity index (χ0n) is 15.3. The Morgan fingerprint density at radius 1 is 1.19 bits per heavy atom. The minimum absolute atomic E-state index is 0.415. The number of pyridine rings is 1. The first kappa shape index (κ1) is 17.0. The summed E-state index contributed by atoms with van der Waals surface area (Å²) in [5.74, 6) is 2.77. The summed E-state index contributed by atoms with van der Waals surface area (Å²) in [5, 5.41) is 0. The van der Waals surface area contributed by atoms with Crippen LogP contribution in [0.2, 0.25) is 0 Å². The van der Waals surface area contributed by atoms with Crippen LogP contribution in [0.25, 0.3) is 11.1 Å². The third-order valence-corrected chi connectivity index (χ3v) is 5.78. The highest BCUT2D eigenvalue weighted by molar-refractivity contribution is 5.93. The Morgan fingerprint density at radius 3 is 2.50 bits per heavy atom. The van der Waals surface area contributed by atoms with Gasteiger partial charge < -0.3 is 15.4 Å². The molecule has 0 bridgehead atoms. The molecule has 2 N–H and O–H groups in total. The number of fused-ring (bicyclic) bond motifs is 1. The van der Waals surface area contributed by atoms with Crippen molar-refractivity contribution >= 4 is 5.91 Å². The van der Waals surface area contributed by atoms with Crippen molar-refractivity contribution in [2.45, 2.75) is 19.9 Å². The molecule has 26 heavy (non-hydrogen) atoms. The molecule has 1 aliphatic heterocycles. The number of rotatable bonds is 6. The van der Waals surface area contributed by atoms with Crippen LogP contribution in [0.15, 0.2) is 42.7 Å². The molecule has 5 heteroatoms. The normalized spacial score (nSPS) is 24.5. The molecule has 2 atom stereocenters. The van der Waals surface area contributed by atoms with E-state index in [2.05, 4.69) is 23.7 Å². The van der Waals surface area contributed by atoms with E-state index >= 15 is 0 Å². The number of benzene rings is 1. The zero-order chi connectivity index (χ0) is 18.3. The summed E-state index contributed by atoms with van der Waals surface area (Å²) < 4.78 is 6.01. The molecule has 4 rings (SSSR count). The fourth-order valence-corrected chi connectivity index (χ4v) is 4.02. The van der Waals surface area contributed by atoms with Gasteiger partial charge >= 0.3 is 0 Å². The number of amides is 1. The highest BCUT2D eigenvalue weighted by Crippen LogP contribution is 2.52. The van der Waals surface area contributed by atoms with E-state index in [0.717, 1.165) is 35.3 Å². The van der Waals surface area contributed by atoms with Gasteiger partial charge in [0.25, 0.3) is 0 Å². The predicted octanol–water partition coefficient (Wildman–Crippen LogP) is 2.81. The third kappa shape index (κ3) is 3.31. The zero-order valence-corrected chi connectivity index (χ0v) is 15.3. The summed E-state index contributed by atoms with van der Waals surface area (Å²) >= 11 is 0. The van der Waals surface area contributed by atoms with Gasteiger partial charge in [0.15, 0.2) is 0 Å². The first-order valence-corrected chi connectivity index (χ1v) is 9.25. The van der Waals surface area contributed by atoms with Gasteiger partial charge in [0.2, 0.25) is 5.91 Å². The highest BCUT2D eigenvalue weighted by atomic mass is 16.5. The van der Waals surface area contributed by atoms with E-state index in [1.807, 2.05) is 24.3 Å². The smallest absolute Gasteiger partial charge is 0.250 e. The van der Waals surface area contributed by atoms with Gasteiger partial charge in [0.1, 0.15) is 5.75 Å². The molecule has 0 spiro atoms. The average Bonchev–Trinajstić information content (AvgIpc) is 3.09. The molecule has 5 nitrogen and oxygen atoms in total. The SMILES string of the molecule is CC(C)N1CC2C(COc3ccc(-c4cncc(C(N)=O)c4)cc3)C2C1. The van der Waals surface area contributed by atoms with E-state index in [1.165, 1.54) is 19.3 Å². The number of piperidine rings is 1. The van der Waals surface area contributed by atoms with Crippen LogP contribution in [0.1, 0.15) is 24.2 Å². The van der Waals surface area contributed by atoms with Crippen LogP contribution in [0.4, 0.5) is 0 Å². The van der Waals surface area contributed by atoms with Gasteiger partial charge in [-0.25, -0.2) is 0 Å². The highest BCUT2D eigenvalue weighted by Gasteiger charge is 2.56. The third-order valence-electron chi connectivity index (χ3n) is 5.78. The van der Waals surface area contributed by atoms with Crippen molar-refractivity contribution in [1.82, 2.24) is 9.88 Å². The summed E-state index contributed by atoms with van der Waals surface area (Å²) in [4.78, 5) is 17.9. The average molecular weight is 351 g/mol. The lowest BCUT2D eigenvalue weighted by molar-refractivity contribution is 0.1000. The van der Waals surface area contributed by atoms with E-state index in [9.17, 15) is 4.79 Å². The van der Waals surface area contributed by atoms with Gasteiger partial charge in [-0.1, -0.05) is 12.1 Å². The number of hydrogen-bond donors (Lipinski definition) is 1. The van der Waals surface area contributed by atoms with Crippen LogP contribution < -0.4 is 10.5 Å². The molecule has 136 valence electrons. The quantitative estimate of drug-likeness (QED) is 0.869. The van der Waals surface area contributed by atoms with E-state index in [4.69, 9.17) is 10.5 Å². The second-order valence-electron chi connectivity index (χ2n) is 7.70. The molecule has 1 aromatic carbocycles. The predicted molar refractivity (Wildman–Crippen MR) is 101 cm³/mol. The number of hydrogen-bond acceptors (Lipinski definition) is 4. The van der Waals surface area contributed by atoms with Crippen LogP contribution in [0, 0.1) is 17.8 Å². The second-order valence-corrected chi connectivity index (χ2v) is 7.70. The van der Waals surface area contributed by atoms with E-state index < -0.39 is 5.91 Å². The van der Waals surface area contributed by atoms with E-state index in [-0.39, 0.29) is 0 Å². The molecular weight excluding hydrogens is 326 g/mol. The van der Waals surface area contributed by atoms with Crippen LogP contribution >= 0.6 is 0 Å². The van der Waals surface area contributed by atoms with Gasteiger partial charge in [-0.15, -0.1) is 0 Å². The Bertz CT molecular complexity index is 791. The van der Waals surface area contributed by atoms with Gasteiger partial charge in [-0.2, -0.15) is 0 Å². The molecule has 1 saturated carbocycles. The molecule has 1 aliphatic carbocycles. The monoisotopic (exact) mass is 351 g/mol. The summed E-state index contributed by atoms with van der Waals surface area (Å²) in [7, 11) is 0.